The van der Waals surface area contributed by atoms with Gasteiger partial charge in [-0.3, -0.25) is 4.79 Å². The molecule has 2 fully saturated rings. The number of anilines is 1. The fraction of sp³-hybridized carbons (Fsp3) is 0.567. The van der Waals surface area contributed by atoms with Crippen molar-refractivity contribution in [1.82, 2.24) is 4.90 Å². The van der Waals surface area contributed by atoms with E-state index >= 15 is 0 Å². The van der Waals surface area contributed by atoms with Gasteiger partial charge < -0.3 is 15.0 Å². The Morgan fingerprint density at radius 1 is 0.974 bits per heavy atom. The third kappa shape index (κ3) is 7.59. The zero-order chi connectivity index (χ0) is 28.2. The van der Waals surface area contributed by atoms with E-state index in [0.717, 1.165) is 50.9 Å². The highest BCUT2D eigenvalue weighted by atomic mass is 19.4. The summed E-state index contributed by atoms with van der Waals surface area (Å²) >= 11 is 0. The van der Waals surface area contributed by atoms with Gasteiger partial charge >= 0.3 is 6.18 Å². The number of amides is 1. The van der Waals surface area contributed by atoms with Gasteiger partial charge in [-0.1, -0.05) is 45.0 Å². The van der Waals surface area contributed by atoms with Crippen molar-refractivity contribution in [3.63, 3.8) is 0 Å². The lowest BCUT2D eigenvalue weighted by molar-refractivity contribution is -0.140. The van der Waals surface area contributed by atoms with Crippen molar-refractivity contribution in [2.75, 3.05) is 25.0 Å². The van der Waals surface area contributed by atoms with Gasteiger partial charge in [-0.15, -0.1) is 4.91 Å². The molecule has 2 aliphatic rings. The normalized spacial score (nSPS) is 21.0. The molecule has 6 nitrogen and oxygen atoms in total. The fourth-order valence-corrected chi connectivity index (χ4v) is 5.54. The largest absolute Gasteiger partial charge is 0.418 e. The fourth-order valence-electron chi connectivity index (χ4n) is 5.54. The van der Waals surface area contributed by atoms with Crippen molar-refractivity contribution >= 4 is 17.3 Å². The molecule has 0 radical (unpaired) electrons. The highest BCUT2D eigenvalue weighted by Crippen LogP contribution is 2.38. The zero-order valence-electron chi connectivity index (χ0n) is 22.9. The molecule has 0 aromatic heterocycles. The summed E-state index contributed by atoms with van der Waals surface area (Å²) in [5.41, 5.74) is 1.44. The van der Waals surface area contributed by atoms with E-state index in [4.69, 9.17) is 4.74 Å². The van der Waals surface area contributed by atoms with Gasteiger partial charge in [-0.2, -0.15) is 13.2 Å². The second-order valence-electron chi connectivity index (χ2n) is 11.8. The van der Waals surface area contributed by atoms with E-state index in [-0.39, 0.29) is 30.1 Å². The first kappa shape index (κ1) is 29.1. The minimum absolute atomic E-state index is 0.00633. The number of rotatable bonds is 7. The highest BCUT2D eigenvalue weighted by Gasteiger charge is 2.35. The standard InChI is InChI=1S/C30H38F3N3O3/c1-29(2,3)22-6-4-20(5-7-22)21-14-16-36(17-15-21)28(37)19-39-25-11-8-23(9-12-25)34-24-10-13-27(35-38)26(18-24)30(31,32)33/h4-7,10,13,18,21,23,25,34H,8-9,11-12,14-17,19H2,1-3H3. The topological polar surface area (TPSA) is 71.0 Å². The minimum atomic E-state index is -4.65. The molecule has 0 spiro atoms. The molecular formula is C30H38F3N3O3. The molecule has 0 bridgehead atoms. The van der Waals surface area contributed by atoms with Crippen LogP contribution in [-0.4, -0.2) is 42.6 Å². The molecule has 1 saturated carbocycles. The number of nitrogens with one attached hydrogen (secondary N) is 1. The Balaban J connectivity index is 1.18. The average molecular weight is 546 g/mol. The summed E-state index contributed by atoms with van der Waals surface area (Å²) in [7, 11) is 0. The number of carbonyl (C=O) groups excluding carboxylic acids is 1. The van der Waals surface area contributed by atoms with E-state index in [1.165, 1.54) is 17.2 Å². The number of piperidine rings is 1. The first-order valence-corrected chi connectivity index (χ1v) is 13.7. The van der Waals surface area contributed by atoms with E-state index in [2.05, 4.69) is 55.5 Å². The monoisotopic (exact) mass is 545 g/mol. The Labute approximate surface area is 228 Å². The maximum atomic E-state index is 13.2. The number of ether oxygens (including phenoxy) is 1. The van der Waals surface area contributed by atoms with Crippen LogP contribution in [0.2, 0.25) is 0 Å². The molecule has 1 amide bonds. The lowest BCUT2D eigenvalue weighted by atomic mass is 9.84. The van der Waals surface area contributed by atoms with E-state index in [9.17, 15) is 22.9 Å². The van der Waals surface area contributed by atoms with Gasteiger partial charge in [0.25, 0.3) is 0 Å². The van der Waals surface area contributed by atoms with Crippen LogP contribution in [0.25, 0.3) is 0 Å². The second kappa shape index (κ2) is 12.1. The van der Waals surface area contributed by atoms with Gasteiger partial charge in [0.2, 0.25) is 5.91 Å². The van der Waals surface area contributed by atoms with Crippen LogP contribution in [0.15, 0.2) is 47.6 Å². The maximum absolute atomic E-state index is 13.2. The summed E-state index contributed by atoms with van der Waals surface area (Å²) in [6.07, 6.45) is 0.0644. The van der Waals surface area contributed by atoms with Crippen LogP contribution in [-0.2, 0) is 21.1 Å². The quantitative estimate of drug-likeness (QED) is 0.365. The predicted octanol–water partition coefficient (Wildman–Crippen LogP) is 7.55. The van der Waals surface area contributed by atoms with Gasteiger partial charge in [0, 0.05) is 24.8 Å². The van der Waals surface area contributed by atoms with Crippen LogP contribution in [0.3, 0.4) is 0 Å². The highest BCUT2D eigenvalue weighted by molar-refractivity contribution is 5.77. The number of hydrogen-bond acceptors (Lipinski definition) is 5. The minimum Gasteiger partial charge on any atom is -0.382 e. The number of nitrogens with zero attached hydrogens (tertiary/aromatic N) is 2. The number of hydrogen-bond donors (Lipinski definition) is 1. The van der Waals surface area contributed by atoms with Crippen LogP contribution < -0.4 is 5.32 Å². The Morgan fingerprint density at radius 3 is 2.18 bits per heavy atom. The Kier molecular flexibility index (Phi) is 8.99. The second-order valence-corrected chi connectivity index (χ2v) is 11.8. The Hall–Kier alpha value is -2.94. The molecule has 1 heterocycles. The lowest BCUT2D eigenvalue weighted by Gasteiger charge is -2.34. The molecule has 1 aliphatic heterocycles. The summed E-state index contributed by atoms with van der Waals surface area (Å²) in [5, 5.41) is 5.62. The number of nitroso groups, excluding NO2 is 1. The van der Waals surface area contributed by atoms with E-state index in [0.29, 0.717) is 24.4 Å². The van der Waals surface area contributed by atoms with E-state index < -0.39 is 17.4 Å². The van der Waals surface area contributed by atoms with Crippen molar-refractivity contribution in [2.45, 2.75) is 89.0 Å². The van der Waals surface area contributed by atoms with Crippen LogP contribution in [0.1, 0.15) is 81.9 Å². The molecule has 2 aromatic rings. The smallest absolute Gasteiger partial charge is 0.382 e. The molecule has 4 rings (SSSR count). The van der Waals surface area contributed by atoms with E-state index in [1.54, 1.807) is 0 Å². The van der Waals surface area contributed by atoms with Crippen LogP contribution in [0, 0.1) is 4.91 Å². The van der Waals surface area contributed by atoms with Gasteiger partial charge in [-0.05, 0) is 84.4 Å². The van der Waals surface area contributed by atoms with Crippen molar-refractivity contribution in [2.24, 2.45) is 5.18 Å². The molecule has 1 N–H and O–H groups in total. The van der Waals surface area contributed by atoms with Crippen LogP contribution in [0.4, 0.5) is 24.5 Å². The molecule has 212 valence electrons. The van der Waals surface area contributed by atoms with Gasteiger partial charge in [0.15, 0.2) is 0 Å². The van der Waals surface area contributed by atoms with Crippen molar-refractivity contribution in [3.8, 4) is 0 Å². The van der Waals surface area contributed by atoms with Crippen molar-refractivity contribution in [3.05, 3.63) is 64.1 Å². The molecule has 39 heavy (non-hydrogen) atoms. The number of likely N-dealkylation sites (tertiary alicyclic amines) is 1. The zero-order valence-corrected chi connectivity index (χ0v) is 22.9. The third-order valence-corrected chi connectivity index (χ3v) is 7.98. The first-order valence-electron chi connectivity index (χ1n) is 13.7. The molecular weight excluding hydrogens is 507 g/mol. The number of alkyl halides is 3. The van der Waals surface area contributed by atoms with Gasteiger partial charge in [0.05, 0.1) is 11.7 Å². The summed E-state index contributed by atoms with van der Waals surface area (Å²) in [5.74, 6) is 0.477. The molecule has 2 aromatic carbocycles. The summed E-state index contributed by atoms with van der Waals surface area (Å²) in [6, 6.07) is 12.3. The van der Waals surface area contributed by atoms with Gasteiger partial charge in [-0.25, -0.2) is 0 Å². The Bertz CT molecular complexity index is 1130. The van der Waals surface area contributed by atoms with Crippen LogP contribution in [0.5, 0.6) is 0 Å². The predicted molar refractivity (Wildman–Crippen MR) is 146 cm³/mol. The SMILES string of the molecule is CC(C)(C)c1ccc(C2CCN(C(=O)COC3CCC(Nc4ccc(N=O)c(C(F)(F)F)c4)CC3)CC2)cc1. The van der Waals surface area contributed by atoms with Crippen LogP contribution >= 0.6 is 0 Å². The number of benzene rings is 2. The van der Waals surface area contributed by atoms with Gasteiger partial charge in [0.1, 0.15) is 12.3 Å². The molecule has 1 aliphatic carbocycles. The molecule has 0 unspecified atom stereocenters. The Morgan fingerprint density at radius 2 is 1.62 bits per heavy atom. The molecule has 9 heteroatoms. The molecule has 0 atom stereocenters. The van der Waals surface area contributed by atoms with E-state index in [1.807, 2.05) is 4.90 Å². The maximum Gasteiger partial charge on any atom is 0.418 e. The first-order chi connectivity index (χ1) is 18.4. The average Bonchev–Trinajstić information content (AvgIpc) is 2.91. The number of halogens is 3. The molecule has 1 saturated heterocycles. The summed E-state index contributed by atoms with van der Waals surface area (Å²) in [4.78, 5) is 25.4. The van der Waals surface area contributed by atoms with Crippen molar-refractivity contribution in [1.29, 1.82) is 0 Å². The third-order valence-electron chi connectivity index (χ3n) is 7.98. The summed E-state index contributed by atoms with van der Waals surface area (Å²) < 4.78 is 45.5. The lowest BCUT2D eigenvalue weighted by Crippen LogP contribution is -2.41. The number of carbonyl (C=O) groups is 1. The summed E-state index contributed by atoms with van der Waals surface area (Å²) in [6.45, 7) is 8.14. The van der Waals surface area contributed by atoms with Crippen molar-refractivity contribution < 1.29 is 22.7 Å².